The summed E-state index contributed by atoms with van der Waals surface area (Å²) in [6.45, 7) is 4.71. The Labute approximate surface area is 145 Å². The molecule has 22 heavy (non-hydrogen) atoms. The second kappa shape index (κ2) is 8.15. The maximum absolute atomic E-state index is 5.42. The second-order valence-corrected chi connectivity index (χ2v) is 6.06. The molecule has 0 aliphatic carbocycles. The number of rotatable bonds is 5. The van der Waals surface area contributed by atoms with E-state index in [2.05, 4.69) is 39.6 Å². The van der Waals surface area contributed by atoms with E-state index in [9.17, 15) is 0 Å². The first-order valence-corrected chi connectivity index (χ1v) is 8.35. The first kappa shape index (κ1) is 16.8. The van der Waals surface area contributed by atoms with E-state index in [0.29, 0.717) is 11.7 Å². The zero-order chi connectivity index (χ0) is 15.9. The summed E-state index contributed by atoms with van der Waals surface area (Å²) in [7, 11) is 0. The van der Waals surface area contributed by atoms with E-state index in [1.54, 1.807) is 0 Å². The van der Waals surface area contributed by atoms with Crippen LogP contribution in [0.2, 0.25) is 0 Å². The van der Waals surface area contributed by atoms with E-state index in [-0.39, 0.29) is 6.04 Å². The van der Waals surface area contributed by atoms with Crippen LogP contribution >= 0.6 is 28.1 Å². The largest absolute Gasteiger partial charge is 0.494 e. The van der Waals surface area contributed by atoms with Crippen LogP contribution in [-0.4, -0.2) is 11.7 Å². The Morgan fingerprint density at radius 1 is 1.18 bits per heavy atom. The molecule has 0 aliphatic rings. The molecule has 2 aromatic carbocycles. The van der Waals surface area contributed by atoms with Gasteiger partial charge in [-0.2, -0.15) is 0 Å². The smallest absolute Gasteiger partial charge is 0.171 e. The van der Waals surface area contributed by atoms with Gasteiger partial charge in [-0.05, 0) is 62.0 Å². The lowest BCUT2D eigenvalue weighted by atomic mass is 10.1. The number of hydrogen-bond acceptors (Lipinski definition) is 2. The van der Waals surface area contributed by atoms with Crippen molar-refractivity contribution in [2.75, 3.05) is 11.9 Å². The number of nitrogens with one attached hydrogen (secondary N) is 2. The fraction of sp³-hybridized carbons (Fsp3) is 0.235. The quantitative estimate of drug-likeness (QED) is 0.725. The minimum atomic E-state index is 0.110. The lowest BCUT2D eigenvalue weighted by Gasteiger charge is -2.18. The molecule has 0 fully saturated rings. The van der Waals surface area contributed by atoms with Crippen molar-refractivity contribution in [2.45, 2.75) is 19.9 Å². The van der Waals surface area contributed by atoms with Crippen molar-refractivity contribution >= 4 is 38.9 Å². The summed E-state index contributed by atoms with van der Waals surface area (Å²) in [6.07, 6.45) is 0. The molecular formula is C17H19BrN2OS. The molecule has 0 aliphatic heterocycles. The average Bonchev–Trinajstić information content (AvgIpc) is 2.50. The van der Waals surface area contributed by atoms with Gasteiger partial charge < -0.3 is 15.4 Å². The van der Waals surface area contributed by atoms with Crippen LogP contribution in [0.15, 0.2) is 53.0 Å². The molecule has 0 saturated heterocycles. The van der Waals surface area contributed by atoms with Crippen molar-refractivity contribution in [1.82, 2.24) is 5.32 Å². The summed E-state index contributed by atoms with van der Waals surface area (Å²) in [5.74, 6) is 0.855. The fourth-order valence-electron chi connectivity index (χ4n) is 2.07. The first-order valence-electron chi connectivity index (χ1n) is 7.15. The Balaban J connectivity index is 1.93. The fourth-order valence-corrected chi connectivity index (χ4v) is 2.99. The third-order valence-corrected chi connectivity index (χ3v) is 4.08. The molecule has 2 rings (SSSR count). The normalized spacial score (nSPS) is 11.6. The van der Waals surface area contributed by atoms with Gasteiger partial charge in [-0.3, -0.25) is 0 Å². The van der Waals surface area contributed by atoms with E-state index in [0.717, 1.165) is 15.9 Å². The predicted octanol–water partition coefficient (Wildman–Crippen LogP) is 4.90. The maximum atomic E-state index is 5.42. The second-order valence-electron chi connectivity index (χ2n) is 4.80. The Kier molecular flexibility index (Phi) is 6.21. The summed E-state index contributed by atoms with van der Waals surface area (Å²) in [5, 5.41) is 7.06. The zero-order valence-corrected chi connectivity index (χ0v) is 15.0. The standard InChI is InChI=1S/C17H19BrN2OS/c1-3-21-14-10-8-13(9-11-14)20-17(22)19-12(2)15-6-4-5-7-16(15)18/h4-12H,3H2,1-2H3,(H2,19,20,22)/t12-/m0/s1. The minimum absolute atomic E-state index is 0.110. The maximum Gasteiger partial charge on any atom is 0.171 e. The van der Waals surface area contributed by atoms with Gasteiger partial charge >= 0.3 is 0 Å². The number of halogens is 1. The Bertz CT molecular complexity index is 631. The number of hydrogen-bond donors (Lipinski definition) is 2. The summed E-state index contributed by atoms with van der Waals surface area (Å²) in [5.41, 5.74) is 2.10. The van der Waals surface area contributed by atoms with Gasteiger partial charge in [-0.1, -0.05) is 34.1 Å². The van der Waals surface area contributed by atoms with Crippen molar-refractivity contribution in [2.24, 2.45) is 0 Å². The van der Waals surface area contributed by atoms with Gasteiger partial charge in [-0.25, -0.2) is 0 Å². The number of benzene rings is 2. The van der Waals surface area contributed by atoms with Crippen molar-refractivity contribution in [3.05, 3.63) is 58.6 Å². The van der Waals surface area contributed by atoms with Crippen molar-refractivity contribution in [3.8, 4) is 5.75 Å². The van der Waals surface area contributed by atoms with E-state index in [4.69, 9.17) is 17.0 Å². The Morgan fingerprint density at radius 2 is 1.86 bits per heavy atom. The summed E-state index contributed by atoms with van der Waals surface area (Å²) >= 11 is 8.93. The van der Waals surface area contributed by atoms with Gasteiger partial charge in [0.15, 0.2) is 5.11 Å². The van der Waals surface area contributed by atoms with Gasteiger partial charge in [0.2, 0.25) is 0 Å². The van der Waals surface area contributed by atoms with E-state index in [1.165, 1.54) is 5.56 Å². The Morgan fingerprint density at radius 3 is 2.50 bits per heavy atom. The molecule has 0 spiro atoms. The highest BCUT2D eigenvalue weighted by molar-refractivity contribution is 9.10. The summed E-state index contributed by atoms with van der Waals surface area (Å²) in [4.78, 5) is 0. The number of ether oxygens (including phenoxy) is 1. The van der Waals surface area contributed by atoms with Gasteiger partial charge in [0, 0.05) is 10.2 Å². The topological polar surface area (TPSA) is 33.3 Å². The van der Waals surface area contributed by atoms with Crippen LogP contribution in [0.4, 0.5) is 5.69 Å². The molecule has 0 amide bonds. The molecule has 116 valence electrons. The van der Waals surface area contributed by atoms with Gasteiger partial charge in [-0.15, -0.1) is 0 Å². The summed E-state index contributed by atoms with van der Waals surface area (Å²) in [6, 6.07) is 16.0. The first-order chi connectivity index (χ1) is 10.6. The predicted molar refractivity (Wildman–Crippen MR) is 99.5 cm³/mol. The molecular weight excluding hydrogens is 360 g/mol. The van der Waals surface area contributed by atoms with Crippen LogP contribution in [0.5, 0.6) is 5.75 Å². The summed E-state index contributed by atoms with van der Waals surface area (Å²) < 4.78 is 6.49. The molecule has 2 N–H and O–H groups in total. The van der Waals surface area contributed by atoms with E-state index < -0.39 is 0 Å². The average molecular weight is 379 g/mol. The highest BCUT2D eigenvalue weighted by atomic mass is 79.9. The lowest BCUT2D eigenvalue weighted by Crippen LogP contribution is -2.31. The van der Waals surface area contributed by atoms with Crippen LogP contribution < -0.4 is 15.4 Å². The molecule has 5 heteroatoms. The third kappa shape index (κ3) is 4.71. The SMILES string of the molecule is CCOc1ccc(NC(=S)N[C@@H](C)c2ccccc2Br)cc1. The van der Waals surface area contributed by atoms with Crippen LogP contribution in [0, 0.1) is 0 Å². The van der Waals surface area contributed by atoms with Crippen LogP contribution in [0.1, 0.15) is 25.5 Å². The molecule has 1 atom stereocenters. The van der Waals surface area contributed by atoms with Crippen LogP contribution in [0.25, 0.3) is 0 Å². The monoisotopic (exact) mass is 378 g/mol. The zero-order valence-electron chi connectivity index (χ0n) is 12.6. The molecule has 3 nitrogen and oxygen atoms in total. The van der Waals surface area contributed by atoms with E-state index in [1.807, 2.05) is 49.4 Å². The third-order valence-electron chi connectivity index (χ3n) is 3.14. The molecule has 2 aromatic rings. The van der Waals surface area contributed by atoms with Gasteiger partial charge in [0.25, 0.3) is 0 Å². The highest BCUT2D eigenvalue weighted by Gasteiger charge is 2.10. The van der Waals surface area contributed by atoms with Crippen molar-refractivity contribution < 1.29 is 4.74 Å². The number of anilines is 1. The minimum Gasteiger partial charge on any atom is -0.494 e. The molecule has 0 heterocycles. The molecule has 0 radical (unpaired) electrons. The van der Waals surface area contributed by atoms with Crippen LogP contribution in [-0.2, 0) is 0 Å². The number of thiocarbonyl (C=S) groups is 1. The molecule has 0 aromatic heterocycles. The Hall–Kier alpha value is -1.59. The molecule has 0 unspecified atom stereocenters. The molecule has 0 saturated carbocycles. The van der Waals surface area contributed by atoms with Gasteiger partial charge in [0.1, 0.15) is 5.75 Å². The lowest BCUT2D eigenvalue weighted by molar-refractivity contribution is 0.340. The van der Waals surface area contributed by atoms with Crippen molar-refractivity contribution in [1.29, 1.82) is 0 Å². The van der Waals surface area contributed by atoms with Crippen LogP contribution in [0.3, 0.4) is 0 Å². The highest BCUT2D eigenvalue weighted by Crippen LogP contribution is 2.23. The van der Waals surface area contributed by atoms with E-state index >= 15 is 0 Å². The molecule has 0 bridgehead atoms. The van der Waals surface area contributed by atoms with Crippen molar-refractivity contribution in [3.63, 3.8) is 0 Å². The van der Waals surface area contributed by atoms with Gasteiger partial charge in [0.05, 0.1) is 12.6 Å².